The number of hydrogen-bond acceptors (Lipinski definition) is 1. The van der Waals surface area contributed by atoms with Gasteiger partial charge in [0.15, 0.2) is 0 Å². The molecule has 1 nitrogen and oxygen atoms in total. The van der Waals surface area contributed by atoms with Gasteiger partial charge in [-0.15, -0.1) is 13.2 Å². The molecule has 0 aliphatic rings. The van der Waals surface area contributed by atoms with Crippen LogP contribution >= 0.6 is 0 Å². The van der Waals surface area contributed by atoms with E-state index in [9.17, 15) is 17.6 Å². The molecule has 0 fully saturated rings. The lowest BCUT2D eigenvalue weighted by molar-refractivity contribution is -0.274. The molecule has 0 bridgehead atoms. The summed E-state index contributed by atoms with van der Waals surface area (Å²) in [5.41, 5.74) is 1.78. The number of benzene rings is 2. The molecule has 0 saturated heterocycles. The fraction of sp³-hybridized carbons (Fsp3) is 0.250. The summed E-state index contributed by atoms with van der Waals surface area (Å²) < 4.78 is 53.0. The van der Waals surface area contributed by atoms with E-state index in [1.165, 1.54) is 30.3 Å². The normalized spacial score (nSPS) is 11.4. The van der Waals surface area contributed by atoms with E-state index in [1.54, 1.807) is 18.2 Å². The Morgan fingerprint density at radius 1 is 0.857 bits per heavy atom. The number of ether oxygens (including phenoxy) is 1. The molecule has 21 heavy (non-hydrogen) atoms. The maximum atomic E-state index is 12.7. The summed E-state index contributed by atoms with van der Waals surface area (Å²) in [4.78, 5) is 0. The molecule has 0 N–H and O–H groups in total. The summed E-state index contributed by atoms with van der Waals surface area (Å²) >= 11 is 0. The summed E-state index contributed by atoms with van der Waals surface area (Å²) in [6.07, 6.45) is -2.54. The molecule has 0 radical (unpaired) electrons. The lowest BCUT2D eigenvalue weighted by Crippen LogP contribution is -2.17. The first-order valence-corrected chi connectivity index (χ1v) is 6.51. The highest BCUT2D eigenvalue weighted by atomic mass is 19.4. The highest BCUT2D eigenvalue weighted by Crippen LogP contribution is 2.23. The van der Waals surface area contributed by atoms with Gasteiger partial charge in [0, 0.05) is 0 Å². The summed E-state index contributed by atoms with van der Waals surface area (Å²) in [6, 6.07) is 12.2. The number of rotatable bonds is 5. The number of aryl methyl sites for hydroxylation is 2. The second-order valence-corrected chi connectivity index (χ2v) is 4.68. The van der Waals surface area contributed by atoms with E-state index in [2.05, 4.69) is 4.74 Å². The topological polar surface area (TPSA) is 9.23 Å². The zero-order chi connectivity index (χ0) is 15.3. The first-order chi connectivity index (χ1) is 9.92. The summed E-state index contributed by atoms with van der Waals surface area (Å²) in [6.45, 7) is 0. The van der Waals surface area contributed by atoms with Crippen LogP contribution in [0.3, 0.4) is 0 Å². The maximum Gasteiger partial charge on any atom is 0.573 e. The van der Waals surface area contributed by atoms with Crippen LogP contribution in [0.25, 0.3) is 0 Å². The Labute approximate surface area is 120 Å². The van der Waals surface area contributed by atoms with Gasteiger partial charge in [-0.1, -0.05) is 24.3 Å². The molecule has 0 atom stereocenters. The van der Waals surface area contributed by atoms with Crippen LogP contribution in [0.1, 0.15) is 17.5 Å². The molecule has 0 aliphatic carbocycles. The Kier molecular flexibility index (Phi) is 4.83. The smallest absolute Gasteiger partial charge is 0.406 e. The van der Waals surface area contributed by atoms with Crippen LogP contribution in [-0.2, 0) is 12.8 Å². The van der Waals surface area contributed by atoms with Crippen molar-refractivity contribution in [2.24, 2.45) is 0 Å². The number of hydrogen-bond donors (Lipinski definition) is 0. The van der Waals surface area contributed by atoms with E-state index in [1.807, 2.05) is 0 Å². The van der Waals surface area contributed by atoms with Crippen molar-refractivity contribution in [3.05, 3.63) is 65.5 Å². The van der Waals surface area contributed by atoms with Crippen molar-refractivity contribution < 1.29 is 22.3 Å². The molecule has 0 aromatic heterocycles. The predicted octanol–water partition coefficient (Wildman–Crippen LogP) is 4.90. The fourth-order valence-corrected chi connectivity index (χ4v) is 2.05. The summed E-state index contributed by atoms with van der Waals surface area (Å²) in [5.74, 6) is -0.488. The highest BCUT2D eigenvalue weighted by Gasteiger charge is 2.31. The lowest BCUT2D eigenvalue weighted by atomic mass is 10.0. The van der Waals surface area contributed by atoms with Crippen LogP contribution in [-0.4, -0.2) is 6.36 Å². The molecule has 2 aromatic rings. The first-order valence-electron chi connectivity index (χ1n) is 6.51. The largest absolute Gasteiger partial charge is 0.573 e. The molecule has 112 valence electrons. The molecule has 5 heteroatoms. The van der Waals surface area contributed by atoms with Gasteiger partial charge < -0.3 is 4.74 Å². The minimum Gasteiger partial charge on any atom is -0.406 e. The molecule has 2 aromatic carbocycles. The van der Waals surface area contributed by atoms with Crippen LogP contribution in [0.15, 0.2) is 48.5 Å². The van der Waals surface area contributed by atoms with Crippen molar-refractivity contribution in [2.75, 3.05) is 0 Å². The quantitative estimate of drug-likeness (QED) is 0.713. The molecule has 0 heterocycles. The molecule has 0 spiro atoms. The molecule has 0 aliphatic heterocycles. The standard InChI is InChI=1S/C16H14F4O/c17-14-9-7-12(8-10-14)3-1-4-13-5-2-6-15(11-13)21-16(18,19)20/h2,5-11H,1,3-4H2. The summed E-state index contributed by atoms with van der Waals surface area (Å²) in [5, 5.41) is 0. The van der Waals surface area contributed by atoms with Crippen LogP contribution in [0.4, 0.5) is 17.6 Å². The fourth-order valence-electron chi connectivity index (χ4n) is 2.05. The van der Waals surface area contributed by atoms with Crippen molar-refractivity contribution >= 4 is 0 Å². The Morgan fingerprint density at radius 3 is 2.19 bits per heavy atom. The molecule has 0 saturated carbocycles. The second kappa shape index (κ2) is 6.61. The number of halogens is 4. The molecule has 0 amide bonds. The third-order valence-electron chi connectivity index (χ3n) is 2.98. The van der Waals surface area contributed by atoms with Gasteiger partial charge >= 0.3 is 6.36 Å². The zero-order valence-corrected chi connectivity index (χ0v) is 11.2. The molecular formula is C16H14F4O. The van der Waals surface area contributed by atoms with E-state index < -0.39 is 6.36 Å². The maximum absolute atomic E-state index is 12.7. The van der Waals surface area contributed by atoms with Gasteiger partial charge in [-0.05, 0) is 54.7 Å². The third kappa shape index (κ3) is 5.45. The van der Waals surface area contributed by atoms with E-state index >= 15 is 0 Å². The zero-order valence-electron chi connectivity index (χ0n) is 11.2. The van der Waals surface area contributed by atoms with Crippen molar-refractivity contribution in [3.8, 4) is 5.75 Å². The highest BCUT2D eigenvalue weighted by molar-refractivity contribution is 5.29. The number of alkyl halides is 3. The van der Waals surface area contributed by atoms with Gasteiger partial charge in [-0.3, -0.25) is 0 Å². The molecule has 0 unspecified atom stereocenters. The lowest BCUT2D eigenvalue weighted by Gasteiger charge is -2.10. The second-order valence-electron chi connectivity index (χ2n) is 4.68. The Bertz CT molecular complexity index is 576. The van der Waals surface area contributed by atoms with Gasteiger partial charge in [0.25, 0.3) is 0 Å². The van der Waals surface area contributed by atoms with Crippen LogP contribution in [0, 0.1) is 5.82 Å². The van der Waals surface area contributed by atoms with E-state index in [4.69, 9.17) is 0 Å². The van der Waals surface area contributed by atoms with Crippen LogP contribution in [0.2, 0.25) is 0 Å². The Balaban J connectivity index is 1.88. The monoisotopic (exact) mass is 298 g/mol. The van der Waals surface area contributed by atoms with Gasteiger partial charge in [0.05, 0.1) is 0 Å². The van der Waals surface area contributed by atoms with Gasteiger partial charge in [0.1, 0.15) is 11.6 Å². The van der Waals surface area contributed by atoms with Crippen LogP contribution in [0.5, 0.6) is 5.75 Å². The van der Waals surface area contributed by atoms with E-state index in [-0.39, 0.29) is 11.6 Å². The Hall–Kier alpha value is -2.04. The van der Waals surface area contributed by atoms with Gasteiger partial charge in [-0.2, -0.15) is 0 Å². The molecule has 2 rings (SSSR count). The molecular weight excluding hydrogens is 284 g/mol. The Morgan fingerprint density at radius 2 is 1.52 bits per heavy atom. The first kappa shape index (κ1) is 15.4. The van der Waals surface area contributed by atoms with E-state index in [0.29, 0.717) is 6.42 Å². The predicted molar refractivity (Wildman–Crippen MR) is 71.6 cm³/mol. The third-order valence-corrected chi connectivity index (χ3v) is 2.98. The summed E-state index contributed by atoms with van der Waals surface area (Å²) in [7, 11) is 0. The van der Waals surface area contributed by atoms with Crippen LogP contribution < -0.4 is 4.74 Å². The van der Waals surface area contributed by atoms with Gasteiger partial charge in [-0.25, -0.2) is 4.39 Å². The van der Waals surface area contributed by atoms with Crippen molar-refractivity contribution in [1.82, 2.24) is 0 Å². The SMILES string of the molecule is Fc1ccc(CCCc2cccc(OC(F)(F)F)c2)cc1. The van der Waals surface area contributed by atoms with E-state index in [0.717, 1.165) is 24.0 Å². The average Bonchev–Trinajstić information content (AvgIpc) is 2.39. The minimum atomic E-state index is -4.67. The van der Waals surface area contributed by atoms with Crippen molar-refractivity contribution in [3.63, 3.8) is 0 Å². The van der Waals surface area contributed by atoms with Gasteiger partial charge in [0.2, 0.25) is 0 Å². The average molecular weight is 298 g/mol. The van der Waals surface area contributed by atoms with Crippen molar-refractivity contribution in [2.45, 2.75) is 25.6 Å². The minimum absolute atomic E-state index is 0.207. The van der Waals surface area contributed by atoms with Crippen molar-refractivity contribution in [1.29, 1.82) is 0 Å².